The number of nitrogens with one attached hydrogen (secondary N) is 2. The van der Waals surface area contributed by atoms with Crippen molar-refractivity contribution in [3.8, 4) is 0 Å². The topological polar surface area (TPSA) is 149 Å². The number of likely N-dealkylation sites (N-methyl/N-ethyl adjacent to an activating group) is 1. The number of hydrogen-bond donors (Lipinski definition) is 3. The molecule has 1 aromatic carbocycles. The zero-order valence-corrected chi connectivity index (χ0v) is 22.1. The molecule has 0 unspecified atom stereocenters. The number of fused-ring (bicyclic) bond motifs is 1. The first-order valence-corrected chi connectivity index (χ1v) is 13.0. The molecule has 3 aromatic rings. The summed E-state index contributed by atoms with van der Waals surface area (Å²) in [4.78, 5) is 49.4. The molecule has 4 N–H and O–H groups in total. The van der Waals surface area contributed by atoms with Crippen LogP contribution in [0.2, 0.25) is 5.02 Å². The van der Waals surface area contributed by atoms with Crippen molar-refractivity contribution in [3.05, 3.63) is 50.1 Å². The van der Waals surface area contributed by atoms with E-state index >= 15 is 0 Å². The Morgan fingerprint density at radius 1 is 1.18 bits per heavy atom. The summed E-state index contributed by atoms with van der Waals surface area (Å²) in [5.74, 6) is 1.08. The Balaban J connectivity index is 1.54. The highest BCUT2D eigenvalue weighted by atomic mass is 35.5. The molecule has 0 aliphatic carbocycles. The van der Waals surface area contributed by atoms with Crippen molar-refractivity contribution in [2.24, 2.45) is 17.6 Å². The minimum Gasteiger partial charge on any atom is -0.381 e. The van der Waals surface area contributed by atoms with Gasteiger partial charge in [0.2, 0.25) is 11.9 Å². The number of halogens is 1. The molecule has 2 saturated heterocycles. The van der Waals surface area contributed by atoms with Gasteiger partial charge in [0.05, 0.1) is 30.4 Å². The number of rotatable bonds is 7. The summed E-state index contributed by atoms with van der Waals surface area (Å²) in [7, 11) is 1.48. The third-order valence-corrected chi connectivity index (χ3v) is 7.20. The molecule has 13 heteroatoms. The number of nitrogens with zero attached hydrogens (tertiary/aromatic N) is 5. The van der Waals surface area contributed by atoms with E-state index in [2.05, 4.69) is 27.5 Å². The lowest BCUT2D eigenvalue weighted by atomic mass is 9.97. The smallest absolute Gasteiger partial charge is 0.317 e. The van der Waals surface area contributed by atoms with Gasteiger partial charge < -0.3 is 30.6 Å². The number of carbonyl (C=O) groups excluding carboxylic acids is 1. The van der Waals surface area contributed by atoms with Gasteiger partial charge >= 0.3 is 11.1 Å². The molecule has 2 aliphatic rings. The highest BCUT2D eigenvalue weighted by molar-refractivity contribution is 6.32. The number of amides is 1. The van der Waals surface area contributed by atoms with Crippen LogP contribution in [0.25, 0.3) is 11.0 Å². The van der Waals surface area contributed by atoms with E-state index < -0.39 is 17.0 Å². The Bertz CT molecular complexity index is 1470. The number of piperidine rings is 1. The molecule has 5 rings (SSSR count). The molecule has 1 amide bonds. The van der Waals surface area contributed by atoms with Crippen molar-refractivity contribution in [1.29, 1.82) is 0 Å². The Morgan fingerprint density at radius 2 is 1.95 bits per heavy atom. The molecule has 0 spiro atoms. The molecule has 38 heavy (non-hydrogen) atoms. The first-order chi connectivity index (χ1) is 18.2. The molecule has 12 nitrogen and oxygen atoms in total. The third-order valence-electron chi connectivity index (χ3n) is 6.93. The average Bonchev–Trinajstić information content (AvgIpc) is 2.86. The van der Waals surface area contributed by atoms with Gasteiger partial charge in [-0.2, -0.15) is 4.98 Å². The van der Waals surface area contributed by atoms with Gasteiger partial charge in [0.1, 0.15) is 11.6 Å². The first-order valence-electron chi connectivity index (χ1n) is 12.6. The number of aromatic nitrogens is 4. The average molecular weight is 543 g/mol. The van der Waals surface area contributed by atoms with Crippen LogP contribution in [0.5, 0.6) is 0 Å². The van der Waals surface area contributed by atoms with Crippen molar-refractivity contribution >= 4 is 46.0 Å². The summed E-state index contributed by atoms with van der Waals surface area (Å²) < 4.78 is 7.90. The van der Waals surface area contributed by atoms with Gasteiger partial charge in [-0.3, -0.25) is 19.0 Å². The van der Waals surface area contributed by atoms with Crippen LogP contribution in [0.1, 0.15) is 13.3 Å². The quantitative estimate of drug-likeness (QED) is 0.370. The lowest BCUT2D eigenvalue weighted by Gasteiger charge is -2.34. The van der Waals surface area contributed by atoms with Crippen molar-refractivity contribution in [2.45, 2.75) is 32.5 Å². The molecule has 2 aliphatic heterocycles. The fourth-order valence-electron chi connectivity index (χ4n) is 5.00. The summed E-state index contributed by atoms with van der Waals surface area (Å²) in [6.07, 6.45) is 2.49. The molecule has 2 aromatic heterocycles. The van der Waals surface area contributed by atoms with Crippen molar-refractivity contribution in [2.75, 3.05) is 43.6 Å². The van der Waals surface area contributed by atoms with E-state index in [4.69, 9.17) is 22.1 Å². The predicted octanol–water partition coefficient (Wildman–Crippen LogP) is 0.916. The minimum absolute atomic E-state index is 0.0380. The second kappa shape index (κ2) is 10.7. The fraction of sp³-hybridized carbons (Fsp3) is 0.480. The van der Waals surface area contributed by atoms with Crippen LogP contribution < -0.4 is 32.4 Å². The summed E-state index contributed by atoms with van der Waals surface area (Å²) in [6, 6.07) is 5.28. The second-order valence-corrected chi connectivity index (χ2v) is 10.5. The maximum Gasteiger partial charge on any atom is 0.317 e. The van der Waals surface area contributed by atoms with Gasteiger partial charge in [-0.1, -0.05) is 18.5 Å². The van der Waals surface area contributed by atoms with Crippen LogP contribution in [0.4, 0.5) is 17.5 Å². The van der Waals surface area contributed by atoms with Gasteiger partial charge in [0.25, 0.3) is 0 Å². The SMILES string of the molecule is CNC(=O)Cn1c(=O)c(=O)n(CC2COC2)c2ccc(Nc3nc(N4C[C@@H](C)C[C@@H](N)C4)ncc3Cl)cc21. The molecule has 4 heterocycles. The maximum absolute atomic E-state index is 13.1. The Kier molecular flexibility index (Phi) is 7.37. The molecule has 2 fully saturated rings. The van der Waals surface area contributed by atoms with Crippen LogP contribution in [-0.4, -0.2) is 64.4 Å². The number of nitrogens with two attached hydrogens (primary N) is 1. The molecule has 0 saturated carbocycles. The summed E-state index contributed by atoms with van der Waals surface area (Å²) >= 11 is 6.43. The van der Waals surface area contributed by atoms with E-state index in [1.807, 2.05) is 4.90 Å². The number of benzene rings is 1. The number of ether oxygens (including phenoxy) is 1. The van der Waals surface area contributed by atoms with Crippen LogP contribution in [-0.2, 0) is 22.6 Å². The number of carbonyl (C=O) groups is 1. The van der Waals surface area contributed by atoms with Gasteiger partial charge in [0.15, 0.2) is 5.82 Å². The molecular weight excluding hydrogens is 512 g/mol. The Morgan fingerprint density at radius 3 is 2.63 bits per heavy atom. The van der Waals surface area contributed by atoms with Crippen LogP contribution in [0, 0.1) is 11.8 Å². The summed E-state index contributed by atoms with van der Waals surface area (Å²) in [5, 5.41) is 6.04. The highest BCUT2D eigenvalue weighted by Crippen LogP contribution is 2.28. The zero-order valence-electron chi connectivity index (χ0n) is 21.3. The minimum atomic E-state index is -0.767. The largest absolute Gasteiger partial charge is 0.381 e. The summed E-state index contributed by atoms with van der Waals surface area (Å²) in [6.45, 7) is 4.72. The van der Waals surface area contributed by atoms with Crippen LogP contribution in [0.3, 0.4) is 0 Å². The van der Waals surface area contributed by atoms with Crippen LogP contribution in [0.15, 0.2) is 34.0 Å². The number of hydrogen-bond acceptors (Lipinski definition) is 9. The van der Waals surface area contributed by atoms with E-state index in [1.54, 1.807) is 18.2 Å². The molecular formula is C25H31ClN8O4. The Labute approximate surface area is 223 Å². The van der Waals surface area contributed by atoms with Gasteiger partial charge in [-0.15, -0.1) is 0 Å². The zero-order chi connectivity index (χ0) is 27.0. The van der Waals surface area contributed by atoms with Crippen molar-refractivity contribution < 1.29 is 9.53 Å². The Hall–Kier alpha value is -3.48. The monoisotopic (exact) mass is 542 g/mol. The molecule has 0 bridgehead atoms. The molecule has 0 radical (unpaired) electrons. The predicted molar refractivity (Wildman–Crippen MR) is 145 cm³/mol. The van der Waals surface area contributed by atoms with Gasteiger partial charge in [-0.25, -0.2) is 4.98 Å². The van der Waals surface area contributed by atoms with E-state index in [1.165, 1.54) is 22.4 Å². The van der Waals surface area contributed by atoms with Gasteiger partial charge in [-0.05, 0) is 30.5 Å². The van der Waals surface area contributed by atoms with Crippen molar-refractivity contribution in [1.82, 2.24) is 24.4 Å². The number of anilines is 3. The van der Waals surface area contributed by atoms with E-state index in [-0.39, 0.29) is 18.5 Å². The standard InChI is InChI=1S/C25H31ClN8O4/c1-14-5-16(27)10-32(8-14)25-29-7-18(26)22(31-25)30-17-3-4-19-20(6-17)34(11-21(35)28-2)24(37)23(36)33(19)9-15-12-38-13-15/h3-4,6-7,14-16H,5,8-13,27H2,1-2H3,(H,28,35)(H,29,30,31)/t14-,16+/m0/s1. The molecule has 2 atom stereocenters. The fourth-order valence-corrected chi connectivity index (χ4v) is 5.14. The highest BCUT2D eigenvalue weighted by Gasteiger charge is 2.25. The van der Waals surface area contributed by atoms with Crippen LogP contribution >= 0.6 is 11.6 Å². The van der Waals surface area contributed by atoms with Crippen molar-refractivity contribution in [3.63, 3.8) is 0 Å². The van der Waals surface area contributed by atoms with E-state index in [0.717, 1.165) is 13.0 Å². The lowest BCUT2D eigenvalue weighted by Crippen LogP contribution is -2.47. The lowest BCUT2D eigenvalue weighted by molar-refractivity contribution is -0.121. The van der Waals surface area contributed by atoms with E-state index in [9.17, 15) is 14.4 Å². The van der Waals surface area contributed by atoms with E-state index in [0.29, 0.717) is 65.7 Å². The van der Waals surface area contributed by atoms with Gasteiger partial charge in [0, 0.05) is 44.3 Å². The third kappa shape index (κ3) is 5.24. The maximum atomic E-state index is 13.1. The molecule has 202 valence electrons. The second-order valence-electron chi connectivity index (χ2n) is 10.1. The first kappa shape index (κ1) is 26.1. The normalized spacial score (nSPS) is 19.8. The summed E-state index contributed by atoms with van der Waals surface area (Å²) in [5.41, 5.74) is 6.32.